The van der Waals surface area contributed by atoms with Crippen LogP contribution in [0.25, 0.3) is 10.9 Å². The summed E-state index contributed by atoms with van der Waals surface area (Å²) in [6.07, 6.45) is 5.18. The van der Waals surface area contributed by atoms with Crippen LogP contribution < -0.4 is 65.7 Å². The lowest BCUT2D eigenvalue weighted by molar-refractivity contribution is -0.142. The van der Waals surface area contributed by atoms with E-state index in [0.29, 0.717) is 23.2 Å². The zero-order valence-corrected chi connectivity index (χ0v) is 47.2. The number of amides is 10. The second-order valence-corrected chi connectivity index (χ2v) is 21.5. The van der Waals surface area contributed by atoms with E-state index in [1.165, 1.54) is 41.7 Å². The Kier molecular flexibility index (Phi) is 24.1. The van der Waals surface area contributed by atoms with Crippen molar-refractivity contribution < 1.29 is 58.1 Å². The fraction of sp³-hybridized carbons (Fsp3) is 0.500. The molecule has 1 fully saturated rings. The number of aliphatic imine (C=N–C) groups is 1. The largest absolute Gasteiger partial charge is 0.508 e. The number of para-hydroxylation sites is 1. The van der Waals surface area contributed by atoms with Crippen LogP contribution in [0, 0.1) is 5.92 Å². The first-order valence-corrected chi connectivity index (χ1v) is 27.2. The average molecular weight is 1160 g/mol. The number of hydrogen-bond donors (Lipinski definition) is 16. The molecule has 2 aromatic carbocycles. The van der Waals surface area contributed by atoms with Crippen molar-refractivity contribution >= 4 is 70.2 Å². The lowest BCUT2D eigenvalue weighted by Gasteiger charge is -2.31. The number of nitrogens with one attached hydrogen (secondary N) is 10. The maximum atomic E-state index is 14.6. The number of likely N-dealkylation sites (tertiary alicyclic amines) is 1. The van der Waals surface area contributed by atoms with Crippen LogP contribution in [0.3, 0.4) is 0 Å². The molecule has 8 atom stereocenters. The van der Waals surface area contributed by atoms with Crippen molar-refractivity contribution in [1.29, 1.82) is 0 Å². The minimum absolute atomic E-state index is 0.00864. The molecule has 1 aliphatic rings. The number of urea groups is 1. The van der Waals surface area contributed by atoms with E-state index in [2.05, 4.69) is 57.3 Å². The van der Waals surface area contributed by atoms with Gasteiger partial charge < -0.3 is 84.7 Å². The van der Waals surface area contributed by atoms with E-state index < -0.39 is 120 Å². The summed E-state index contributed by atoms with van der Waals surface area (Å²) in [5, 5.41) is 37.3. The van der Waals surface area contributed by atoms with Crippen LogP contribution >= 0.6 is 0 Å². The van der Waals surface area contributed by atoms with Gasteiger partial charge in [-0.15, -0.1) is 0 Å². The first-order valence-electron chi connectivity index (χ1n) is 27.2. The summed E-state index contributed by atoms with van der Waals surface area (Å²) in [5.41, 5.74) is 28.1. The molecule has 0 aliphatic carbocycles. The zero-order chi connectivity index (χ0) is 61.0. The molecule has 0 radical (unpaired) electrons. The van der Waals surface area contributed by atoms with Crippen molar-refractivity contribution in [2.45, 2.75) is 140 Å². The molecule has 3 heterocycles. The Bertz CT molecular complexity index is 2890. The van der Waals surface area contributed by atoms with E-state index in [9.17, 15) is 53.4 Å². The lowest BCUT2D eigenvalue weighted by atomic mass is 10.0. The van der Waals surface area contributed by atoms with Crippen LogP contribution in [0.15, 0.2) is 72.2 Å². The first-order chi connectivity index (χ1) is 39.3. The van der Waals surface area contributed by atoms with Gasteiger partial charge in [0, 0.05) is 61.3 Å². The van der Waals surface area contributed by atoms with Crippen molar-refractivity contribution in [2.75, 3.05) is 26.3 Å². The Labute approximate surface area is 479 Å². The number of carbonyl (C=O) groups is 9. The number of aromatic hydroxyl groups is 1. The van der Waals surface area contributed by atoms with Crippen LogP contribution in [0.5, 0.6) is 5.75 Å². The number of phenols is 1. The molecule has 83 heavy (non-hydrogen) atoms. The number of rotatable bonds is 29. The molecule has 29 nitrogen and oxygen atoms in total. The topological polar surface area (TPSA) is 464 Å². The van der Waals surface area contributed by atoms with Gasteiger partial charge in [-0.25, -0.2) is 15.2 Å². The third-order valence-corrected chi connectivity index (χ3v) is 13.3. The van der Waals surface area contributed by atoms with Crippen LogP contribution in [0.4, 0.5) is 4.79 Å². The summed E-state index contributed by atoms with van der Waals surface area (Å²) in [6.45, 7) is 7.46. The number of imidazole rings is 1. The van der Waals surface area contributed by atoms with Gasteiger partial charge >= 0.3 is 6.03 Å². The van der Waals surface area contributed by atoms with Gasteiger partial charge in [0.2, 0.25) is 41.4 Å². The highest BCUT2D eigenvalue weighted by Gasteiger charge is 2.40. The van der Waals surface area contributed by atoms with Crippen molar-refractivity contribution in [3.8, 4) is 5.75 Å². The highest BCUT2D eigenvalue weighted by Crippen LogP contribution is 2.22. The van der Waals surface area contributed by atoms with E-state index in [-0.39, 0.29) is 75.7 Å². The van der Waals surface area contributed by atoms with Gasteiger partial charge in [-0.2, -0.15) is 0 Å². The summed E-state index contributed by atoms with van der Waals surface area (Å²) >= 11 is 0. The lowest BCUT2D eigenvalue weighted by Crippen LogP contribution is -2.62. The standard InChI is InChI=1S/C54H79N17O12/c1-29(2)20-38(45(75)63-37(12-8-18-60-52(56)57)51(81)71-19-9-13-43(71)50(80)69-70-53(58)82)65-49(79)42(27-83-54(3,4)5)68-46(76)39(21-30-14-16-33(73)17-15-30)66-48(78)41(26-72)67-47(77)40(22-31-24-61-36-11-7-6-10-34(31)36)64-44(74)35(55)23-32-25-59-28-62-32/h6-7,10-11,14-17,24-25,28-29,35,37-43,61,72-73H,8-9,12-13,18-23,26-27,55H2,1-5H3,(H,59,62)(H,63,75)(H,64,74)(H,65,79)(H,66,78)(H,67,77)(H,68,76)(H,69,80)(H4,56,57,60)(H3,58,70,82). The van der Waals surface area contributed by atoms with Crippen LogP contribution in [-0.4, -0.2) is 170 Å². The molecule has 8 unspecified atom stereocenters. The number of guanidine groups is 1. The SMILES string of the molecule is CC(C)CC(NC(=O)C(COC(C)(C)C)NC(=O)C(Cc1ccc(O)cc1)NC(=O)C(CO)NC(=O)C(Cc1c[nH]c2ccccc12)NC(=O)C(N)Cc1cnc[nH]1)C(=O)NC(CCCN=C(N)N)C(=O)N1CCCC1C(=O)NNC(N)=O. The Hall–Kier alpha value is -8.83. The van der Waals surface area contributed by atoms with E-state index in [4.69, 9.17) is 27.7 Å². The average Bonchev–Trinajstić information content (AvgIpc) is 4.47. The first kappa shape index (κ1) is 65.0. The number of phenolic OH excluding ortho intramolecular Hbond substituents is 1. The molecule has 452 valence electrons. The number of benzene rings is 2. The number of hydrazine groups is 1. The molecule has 5 rings (SSSR count). The van der Waals surface area contributed by atoms with E-state index in [1.807, 2.05) is 23.6 Å². The van der Waals surface area contributed by atoms with Crippen LogP contribution in [0.2, 0.25) is 0 Å². The molecule has 0 bridgehead atoms. The molecule has 2 aromatic heterocycles. The molecule has 1 saturated heterocycles. The summed E-state index contributed by atoms with van der Waals surface area (Å²) in [4.78, 5) is 139. The maximum absolute atomic E-state index is 14.6. The van der Waals surface area contributed by atoms with Crippen LogP contribution in [0.1, 0.15) is 83.5 Å². The monoisotopic (exact) mass is 1160 g/mol. The number of carbonyl (C=O) groups excluding carboxylic acids is 9. The van der Waals surface area contributed by atoms with E-state index in [0.717, 1.165) is 10.9 Å². The molecule has 20 N–H and O–H groups in total. The number of nitrogens with two attached hydrogens (primary N) is 4. The minimum atomic E-state index is -1.72. The van der Waals surface area contributed by atoms with Crippen LogP contribution in [-0.2, 0) is 62.4 Å². The number of H-pyrrole nitrogens is 2. The Balaban J connectivity index is 1.39. The number of aromatic amines is 2. The van der Waals surface area contributed by atoms with Crippen molar-refractivity contribution in [3.63, 3.8) is 0 Å². The highest BCUT2D eigenvalue weighted by molar-refractivity contribution is 5.98. The smallest absolute Gasteiger partial charge is 0.330 e. The summed E-state index contributed by atoms with van der Waals surface area (Å²) in [5.74, 6) is -7.16. The van der Waals surface area contributed by atoms with Gasteiger partial charge in [-0.05, 0) is 88.1 Å². The number of aromatic nitrogens is 3. The molecular weight excluding hydrogens is 1080 g/mol. The minimum Gasteiger partial charge on any atom is -0.508 e. The number of primary amides is 1. The predicted octanol–water partition coefficient (Wildman–Crippen LogP) is -2.54. The van der Waals surface area contributed by atoms with Crippen molar-refractivity contribution in [3.05, 3.63) is 84.1 Å². The molecular formula is C54H79N17O12. The maximum Gasteiger partial charge on any atom is 0.330 e. The summed E-state index contributed by atoms with van der Waals surface area (Å²) in [7, 11) is 0. The Morgan fingerprint density at radius 2 is 1.36 bits per heavy atom. The molecule has 10 amide bonds. The predicted molar refractivity (Wildman–Crippen MR) is 303 cm³/mol. The van der Waals surface area contributed by atoms with Crippen molar-refractivity contribution in [2.24, 2.45) is 33.8 Å². The fourth-order valence-corrected chi connectivity index (χ4v) is 9.06. The van der Waals surface area contributed by atoms with Gasteiger partial charge in [0.25, 0.3) is 5.91 Å². The highest BCUT2D eigenvalue weighted by atomic mass is 16.5. The fourth-order valence-electron chi connectivity index (χ4n) is 9.06. The van der Waals surface area contributed by atoms with Gasteiger partial charge in [-0.3, -0.25) is 48.8 Å². The molecule has 4 aromatic rings. The molecule has 0 saturated carbocycles. The molecule has 0 spiro atoms. The second kappa shape index (κ2) is 30.8. The third kappa shape index (κ3) is 20.6. The van der Waals surface area contributed by atoms with Gasteiger partial charge in [0.1, 0.15) is 48.0 Å². The summed E-state index contributed by atoms with van der Waals surface area (Å²) in [6, 6.07) is 1.00. The quantitative estimate of drug-likeness (QED) is 0.0115. The van der Waals surface area contributed by atoms with Gasteiger partial charge in [0.05, 0.1) is 31.2 Å². The number of aliphatic hydroxyl groups is 1. The van der Waals surface area contributed by atoms with Crippen molar-refractivity contribution in [1.82, 2.24) is 62.6 Å². The number of nitrogens with zero attached hydrogens (tertiary/aromatic N) is 3. The van der Waals surface area contributed by atoms with E-state index >= 15 is 0 Å². The molecule has 29 heteroatoms. The molecule has 1 aliphatic heterocycles. The normalized spacial score (nSPS) is 15.8. The number of ether oxygens (including phenoxy) is 1. The third-order valence-electron chi connectivity index (χ3n) is 13.3. The Morgan fingerprint density at radius 3 is 2.00 bits per heavy atom. The summed E-state index contributed by atoms with van der Waals surface area (Å²) < 4.78 is 6.01. The number of fused-ring (bicyclic) bond motifs is 1. The number of hydrogen-bond acceptors (Lipinski definition) is 15. The Morgan fingerprint density at radius 1 is 0.759 bits per heavy atom. The second-order valence-electron chi connectivity index (χ2n) is 21.5. The van der Waals surface area contributed by atoms with Gasteiger partial charge in [0.15, 0.2) is 5.96 Å². The zero-order valence-electron chi connectivity index (χ0n) is 47.2. The van der Waals surface area contributed by atoms with E-state index in [1.54, 1.807) is 46.9 Å². The number of aliphatic hydroxyl groups excluding tert-OH is 1. The van der Waals surface area contributed by atoms with Gasteiger partial charge in [-0.1, -0.05) is 44.2 Å².